The fourth-order valence-corrected chi connectivity index (χ4v) is 3.23. The van der Waals surface area contributed by atoms with Crippen molar-refractivity contribution in [2.24, 2.45) is 0 Å². The third kappa shape index (κ3) is 2.51. The van der Waals surface area contributed by atoms with E-state index in [1.165, 1.54) is 5.56 Å². The van der Waals surface area contributed by atoms with Crippen molar-refractivity contribution in [2.45, 2.75) is 33.1 Å². The van der Waals surface area contributed by atoms with Gasteiger partial charge in [-0.25, -0.2) is 0 Å². The van der Waals surface area contributed by atoms with Gasteiger partial charge < -0.3 is 9.26 Å². The zero-order chi connectivity index (χ0) is 16.0. The normalized spacial score (nSPS) is 18.0. The van der Waals surface area contributed by atoms with E-state index in [0.29, 0.717) is 12.5 Å². The van der Waals surface area contributed by atoms with E-state index in [0.717, 1.165) is 46.6 Å². The Hall–Kier alpha value is -2.27. The highest BCUT2D eigenvalue weighted by Crippen LogP contribution is 2.32. The van der Waals surface area contributed by atoms with Crippen LogP contribution in [0.3, 0.4) is 0 Å². The molecular weight excluding hydrogens is 290 g/mol. The molecule has 0 saturated carbocycles. The lowest BCUT2D eigenvalue weighted by atomic mass is 10.0. The Morgan fingerprint density at radius 2 is 1.96 bits per heavy atom. The van der Waals surface area contributed by atoms with Crippen LogP contribution in [0, 0.1) is 20.8 Å². The quantitative estimate of drug-likeness (QED) is 0.722. The van der Waals surface area contributed by atoms with Crippen molar-refractivity contribution in [2.75, 3.05) is 13.2 Å². The molecule has 1 aliphatic heterocycles. The van der Waals surface area contributed by atoms with Gasteiger partial charge in [0, 0.05) is 23.6 Å². The molecule has 0 radical (unpaired) electrons. The molecule has 4 rings (SSSR count). The summed E-state index contributed by atoms with van der Waals surface area (Å²) in [6, 6.07) is 6.30. The van der Waals surface area contributed by atoms with E-state index in [1.807, 2.05) is 13.0 Å². The van der Waals surface area contributed by atoms with Crippen molar-refractivity contribution >= 4 is 10.9 Å². The van der Waals surface area contributed by atoms with Gasteiger partial charge in [0.1, 0.15) is 0 Å². The molecule has 3 heterocycles. The molecule has 118 valence electrons. The van der Waals surface area contributed by atoms with Crippen LogP contribution in [0.2, 0.25) is 0 Å². The van der Waals surface area contributed by atoms with Crippen molar-refractivity contribution in [3.05, 3.63) is 40.8 Å². The van der Waals surface area contributed by atoms with Gasteiger partial charge in [-0.2, -0.15) is 4.98 Å². The summed E-state index contributed by atoms with van der Waals surface area (Å²) in [5.74, 6) is 1.54. The zero-order valence-electron chi connectivity index (χ0n) is 13.6. The van der Waals surface area contributed by atoms with Crippen molar-refractivity contribution in [1.82, 2.24) is 15.1 Å². The smallest absolute Gasteiger partial charge is 0.258 e. The van der Waals surface area contributed by atoms with Crippen LogP contribution in [0.4, 0.5) is 0 Å². The summed E-state index contributed by atoms with van der Waals surface area (Å²) in [5, 5.41) is 5.23. The van der Waals surface area contributed by atoms with Gasteiger partial charge in [0.05, 0.1) is 17.7 Å². The lowest BCUT2D eigenvalue weighted by Gasteiger charge is -2.08. The van der Waals surface area contributed by atoms with E-state index < -0.39 is 0 Å². The van der Waals surface area contributed by atoms with Crippen LogP contribution in [0.5, 0.6) is 0 Å². The molecule has 0 spiro atoms. The number of pyridine rings is 1. The van der Waals surface area contributed by atoms with E-state index in [2.05, 4.69) is 41.1 Å². The monoisotopic (exact) mass is 309 g/mol. The molecule has 1 fully saturated rings. The van der Waals surface area contributed by atoms with Gasteiger partial charge in [-0.3, -0.25) is 4.98 Å². The minimum absolute atomic E-state index is 0.241. The van der Waals surface area contributed by atoms with Crippen molar-refractivity contribution in [3.63, 3.8) is 0 Å². The summed E-state index contributed by atoms with van der Waals surface area (Å²) in [4.78, 5) is 9.30. The van der Waals surface area contributed by atoms with Gasteiger partial charge in [-0.15, -0.1) is 0 Å². The molecule has 1 aromatic carbocycles. The maximum Gasteiger partial charge on any atom is 0.258 e. The molecule has 5 heteroatoms. The first kappa shape index (κ1) is 14.3. The van der Waals surface area contributed by atoms with E-state index in [9.17, 15) is 0 Å². The molecule has 23 heavy (non-hydrogen) atoms. The summed E-state index contributed by atoms with van der Waals surface area (Å²) < 4.78 is 11.0. The maximum atomic E-state index is 5.56. The Kier molecular flexibility index (Phi) is 3.38. The van der Waals surface area contributed by atoms with Gasteiger partial charge >= 0.3 is 0 Å². The van der Waals surface area contributed by atoms with Crippen LogP contribution in [0.1, 0.15) is 35.0 Å². The highest BCUT2D eigenvalue weighted by atomic mass is 16.5. The SMILES string of the molecule is Cc1cc(C)c2nc(C)cc(-c3nc([C@@H]4CCOC4)no3)c2c1. The van der Waals surface area contributed by atoms with Crippen LogP contribution in [-0.4, -0.2) is 28.3 Å². The lowest BCUT2D eigenvalue weighted by Crippen LogP contribution is -1.99. The van der Waals surface area contributed by atoms with Crippen molar-refractivity contribution < 1.29 is 9.26 Å². The summed E-state index contributed by atoms with van der Waals surface area (Å²) in [6.07, 6.45) is 0.952. The summed E-state index contributed by atoms with van der Waals surface area (Å²) >= 11 is 0. The minimum atomic E-state index is 0.241. The zero-order valence-corrected chi connectivity index (χ0v) is 13.6. The van der Waals surface area contributed by atoms with Gasteiger partial charge in [0.15, 0.2) is 5.82 Å². The average molecular weight is 309 g/mol. The molecule has 0 aliphatic carbocycles. The Labute approximate surface area is 134 Å². The summed E-state index contributed by atoms with van der Waals surface area (Å²) in [6.45, 7) is 7.60. The van der Waals surface area contributed by atoms with Crippen molar-refractivity contribution in [1.29, 1.82) is 0 Å². The number of fused-ring (bicyclic) bond motifs is 1. The first-order chi connectivity index (χ1) is 11.1. The van der Waals surface area contributed by atoms with E-state index in [-0.39, 0.29) is 5.92 Å². The number of aromatic nitrogens is 3. The molecule has 0 unspecified atom stereocenters. The number of hydrogen-bond donors (Lipinski definition) is 0. The van der Waals surface area contributed by atoms with Crippen LogP contribution < -0.4 is 0 Å². The Bertz CT molecular complexity index is 879. The number of hydrogen-bond acceptors (Lipinski definition) is 5. The van der Waals surface area contributed by atoms with Crippen LogP contribution in [0.25, 0.3) is 22.4 Å². The van der Waals surface area contributed by atoms with Gasteiger partial charge in [-0.05, 0) is 44.9 Å². The van der Waals surface area contributed by atoms with E-state index >= 15 is 0 Å². The molecule has 2 aromatic heterocycles. The number of benzene rings is 1. The fourth-order valence-electron chi connectivity index (χ4n) is 3.23. The summed E-state index contributed by atoms with van der Waals surface area (Å²) in [5.41, 5.74) is 5.26. The predicted octanol–water partition coefficient (Wildman–Crippen LogP) is 3.71. The first-order valence-corrected chi connectivity index (χ1v) is 7.92. The van der Waals surface area contributed by atoms with Gasteiger partial charge in [0.25, 0.3) is 5.89 Å². The Morgan fingerprint density at radius 1 is 1.09 bits per heavy atom. The standard InChI is InChI=1S/C18H19N3O2/c1-10-6-11(2)16-14(7-10)15(8-12(3)19-16)18-20-17(21-23-18)13-4-5-22-9-13/h6-8,13H,4-5,9H2,1-3H3/t13-/m1/s1. The Balaban J connectivity index is 1.88. The van der Waals surface area contributed by atoms with Crippen molar-refractivity contribution in [3.8, 4) is 11.5 Å². The minimum Gasteiger partial charge on any atom is -0.381 e. The van der Waals surface area contributed by atoms with Crippen LogP contribution >= 0.6 is 0 Å². The topological polar surface area (TPSA) is 61.0 Å². The molecule has 0 bridgehead atoms. The number of aryl methyl sites for hydroxylation is 3. The van der Waals surface area contributed by atoms with Crippen LogP contribution in [0.15, 0.2) is 22.7 Å². The predicted molar refractivity (Wildman–Crippen MR) is 87.4 cm³/mol. The molecule has 0 N–H and O–H groups in total. The second-order valence-corrected chi connectivity index (χ2v) is 6.31. The van der Waals surface area contributed by atoms with E-state index in [4.69, 9.17) is 9.26 Å². The summed E-state index contributed by atoms with van der Waals surface area (Å²) in [7, 11) is 0. The maximum absolute atomic E-state index is 5.56. The highest BCUT2D eigenvalue weighted by molar-refractivity contribution is 5.94. The largest absolute Gasteiger partial charge is 0.381 e. The fraction of sp³-hybridized carbons (Fsp3) is 0.389. The van der Waals surface area contributed by atoms with Crippen LogP contribution in [-0.2, 0) is 4.74 Å². The van der Waals surface area contributed by atoms with Gasteiger partial charge in [0.2, 0.25) is 0 Å². The molecule has 1 atom stereocenters. The highest BCUT2D eigenvalue weighted by Gasteiger charge is 2.24. The molecule has 3 aromatic rings. The Morgan fingerprint density at radius 3 is 2.74 bits per heavy atom. The average Bonchev–Trinajstić information content (AvgIpc) is 3.18. The lowest BCUT2D eigenvalue weighted by molar-refractivity contribution is 0.192. The molecule has 5 nitrogen and oxygen atoms in total. The second-order valence-electron chi connectivity index (χ2n) is 6.31. The molecule has 0 amide bonds. The third-order valence-corrected chi connectivity index (χ3v) is 4.34. The van der Waals surface area contributed by atoms with Gasteiger partial charge in [-0.1, -0.05) is 16.8 Å². The number of nitrogens with zero attached hydrogens (tertiary/aromatic N) is 3. The molecule has 1 aliphatic rings. The molecular formula is C18H19N3O2. The second kappa shape index (κ2) is 5.42. The molecule has 1 saturated heterocycles. The third-order valence-electron chi connectivity index (χ3n) is 4.34. The number of ether oxygens (including phenoxy) is 1. The number of rotatable bonds is 2. The van der Waals surface area contributed by atoms with E-state index in [1.54, 1.807) is 0 Å². The first-order valence-electron chi connectivity index (χ1n) is 7.92.